The standard InChI is InChI=1S/C7H6BrF2N3O2/c8-5-1-3(6(9)10)4(2-11)7(12-5)13(14)15/h1,6H,2,11H2. The van der Waals surface area contributed by atoms with Crippen molar-refractivity contribution in [3.63, 3.8) is 0 Å². The maximum Gasteiger partial charge on any atom is 0.369 e. The maximum absolute atomic E-state index is 12.5. The van der Waals surface area contributed by atoms with Crippen LogP contribution in [0.2, 0.25) is 0 Å². The molecule has 5 nitrogen and oxygen atoms in total. The average molecular weight is 282 g/mol. The molecule has 0 radical (unpaired) electrons. The lowest BCUT2D eigenvalue weighted by Crippen LogP contribution is -2.08. The molecule has 0 fully saturated rings. The lowest BCUT2D eigenvalue weighted by atomic mass is 10.1. The number of pyridine rings is 1. The fourth-order valence-corrected chi connectivity index (χ4v) is 1.51. The summed E-state index contributed by atoms with van der Waals surface area (Å²) in [6, 6.07) is 1.03. The summed E-state index contributed by atoms with van der Waals surface area (Å²) in [4.78, 5) is 13.2. The van der Waals surface area contributed by atoms with Crippen LogP contribution in [0.25, 0.3) is 0 Å². The highest BCUT2D eigenvalue weighted by Crippen LogP contribution is 2.30. The van der Waals surface area contributed by atoms with Gasteiger partial charge in [-0.3, -0.25) is 0 Å². The van der Waals surface area contributed by atoms with E-state index in [0.717, 1.165) is 6.07 Å². The van der Waals surface area contributed by atoms with Gasteiger partial charge in [0.25, 0.3) is 6.43 Å². The third-order valence-corrected chi connectivity index (χ3v) is 2.12. The van der Waals surface area contributed by atoms with Crippen molar-refractivity contribution in [3.05, 3.63) is 31.9 Å². The zero-order chi connectivity index (χ0) is 11.6. The van der Waals surface area contributed by atoms with Gasteiger partial charge in [-0.15, -0.1) is 0 Å². The second-order valence-electron chi connectivity index (χ2n) is 2.60. The average Bonchev–Trinajstić information content (AvgIpc) is 2.16. The first-order valence-corrected chi connectivity index (χ1v) is 4.58. The zero-order valence-electron chi connectivity index (χ0n) is 7.28. The molecular weight excluding hydrogens is 276 g/mol. The first-order chi connectivity index (χ1) is 6.97. The molecule has 82 valence electrons. The molecule has 0 saturated heterocycles. The van der Waals surface area contributed by atoms with E-state index in [4.69, 9.17) is 5.73 Å². The number of nitrogens with two attached hydrogens (primary N) is 1. The minimum absolute atomic E-state index is 0.0123. The lowest BCUT2D eigenvalue weighted by Gasteiger charge is -2.06. The van der Waals surface area contributed by atoms with Crippen molar-refractivity contribution in [2.45, 2.75) is 13.0 Å². The van der Waals surface area contributed by atoms with Crippen molar-refractivity contribution in [3.8, 4) is 0 Å². The normalized spacial score (nSPS) is 10.7. The molecule has 8 heteroatoms. The Morgan fingerprint density at radius 2 is 2.27 bits per heavy atom. The molecule has 0 bridgehead atoms. The summed E-state index contributed by atoms with van der Waals surface area (Å²) in [5.74, 6) is -0.637. The van der Waals surface area contributed by atoms with Crippen LogP contribution >= 0.6 is 15.9 Å². The van der Waals surface area contributed by atoms with E-state index >= 15 is 0 Å². The van der Waals surface area contributed by atoms with E-state index in [1.54, 1.807) is 0 Å². The van der Waals surface area contributed by atoms with Crippen LogP contribution in [0.4, 0.5) is 14.6 Å². The highest BCUT2D eigenvalue weighted by molar-refractivity contribution is 9.10. The summed E-state index contributed by atoms with van der Waals surface area (Å²) >= 11 is 2.82. The fraction of sp³-hybridized carbons (Fsp3) is 0.286. The number of aromatic nitrogens is 1. The predicted molar refractivity (Wildman–Crippen MR) is 51.4 cm³/mol. The summed E-state index contributed by atoms with van der Waals surface area (Å²) in [5.41, 5.74) is 4.48. The Morgan fingerprint density at radius 3 is 2.67 bits per heavy atom. The summed E-state index contributed by atoms with van der Waals surface area (Å²) in [5, 5.41) is 10.5. The minimum atomic E-state index is -2.82. The first kappa shape index (κ1) is 11.9. The molecule has 0 atom stereocenters. The van der Waals surface area contributed by atoms with E-state index in [9.17, 15) is 18.9 Å². The van der Waals surface area contributed by atoms with E-state index in [-0.39, 0.29) is 16.7 Å². The zero-order valence-corrected chi connectivity index (χ0v) is 8.87. The van der Waals surface area contributed by atoms with E-state index in [1.807, 2.05) is 0 Å². The van der Waals surface area contributed by atoms with Gasteiger partial charge in [0.2, 0.25) is 4.60 Å². The van der Waals surface area contributed by atoms with Crippen molar-refractivity contribution >= 4 is 21.7 Å². The Bertz CT molecular complexity index is 400. The van der Waals surface area contributed by atoms with Gasteiger partial charge in [-0.1, -0.05) is 0 Å². The van der Waals surface area contributed by atoms with Crippen LogP contribution in [-0.4, -0.2) is 9.91 Å². The number of hydrogen-bond donors (Lipinski definition) is 1. The van der Waals surface area contributed by atoms with Crippen LogP contribution in [0.3, 0.4) is 0 Å². The quantitative estimate of drug-likeness (QED) is 0.523. The van der Waals surface area contributed by atoms with Gasteiger partial charge >= 0.3 is 5.82 Å². The number of alkyl halides is 2. The van der Waals surface area contributed by atoms with Crippen molar-refractivity contribution in [1.82, 2.24) is 4.98 Å². The molecule has 0 aliphatic heterocycles. The van der Waals surface area contributed by atoms with Crippen LogP contribution in [-0.2, 0) is 6.54 Å². The van der Waals surface area contributed by atoms with Gasteiger partial charge in [-0.25, -0.2) is 8.78 Å². The fourth-order valence-electron chi connectivity index (χ4n) is 1.10. The monoisotopic (exact) mass is 281 g/mol. The molecular formula is C7H6BrF2N3O2. The second kappa shape index (κ2) is 4.58. The molecule has 1 heterocycles. The van der Waals surface area contributed by atoms with Crippen LogP contribution in [0.1, 0.15) is 17.6 Å². The SMILES string of the molecule is NCc1c(C(F)F)cc(Br)nc1[N+](=O)[O-]. The van der Waals surface area contributed by atoms with Crippen LogP contribution in [0.5, 0.6) is 0 Å². The first-order valence-electron chi connectivity index (χ1n) is 3.79. The molecule has 0 unspecified atom stereocenters. The van der Waals surface area contributed by atoms with Gasteiger partial charge in [-0.2, -0.15) is 0 Å². The summed E-state index contributed by atoms with van der Waals surface area (Å²) in [7, 11) is 0. The molecule has 0 amide bonds. The van der Waals surface area contributed by atoms with Crippen molar-refractivity contribution in [2.24, 2.45) is 5.73 Å². The van der Waals surface area contributed by atoms with Crippen LogP contribution in [0, 0.1) is 10.1 Å². The van der Waals surface area contributed by atoms with Gasteiger partial charge in [0.05, 0.1) is 5.56 Å². The molecule has 1 aromatic rings. The Balaban J connectivity index is 3.45. The highest BCUT2D eigenvalue weighted by Gasteiger charge is 2.24. The molecule has 0 aromatic carbocycles. The molecule has 0 aliphatic carbocycles. The minimum Gasteiger partial charge on any atom is -0.358 e. The summed E-state index contributed by atoms with van der Waals surface area (Å²) in [6.45, 7) is -0.351. The second-order valence-corrected chi connectivity index (χ2v) is 3.41. The largest absolute Gasteiger partial charge is 0.369 e. The number of nitro groups is 1. The molecule has 15 heavy (non-hydrogen) atoms. The maximum atomic E-state index is 12.5. The van der Waals surface area contributed by atoms with Crippen molar-refractivity contribution in [2.75, 3.05) is 0 Å². The number of nitrogens with zero attached hydrogens (tertiary/aromatic N) is 2. The number of rotatable bonds is 3. The third-order valence-electron chi connectivity index (χ3n) is 1.72. The van der Waals surface area contributed by atoms with Crippen molar-refractivity contribution < 1.29 is 13.7 Å². The van der Waals surface area contributed by atoms with Gasteiger partial charge in [-0.05, 0) is 9.91 Å². The van der Waals surface area contributed by atoms with E-state index in [0.29, 0.717) is 0 Å². The molecule has 0 saturated carbocycles. The molecule has 1 rings (SSSR count). The summed E-state index contributed by atoms with van der Waals surface area (Å²) in [6.07, 6.45) is -2.82. The number of hydrogen-bond acceptors (Lipinski definition) is 4. The Morgan fingerprint density at radius 1 is 1.67 bits per heavy atom. The van der Waals surface area contributed by atoms with Gasteiger partial charge in [0, 0.05) is 34.1 Å². The van der Waals surface area contributed by atoms with Gasteiger partial charge in [0.15, 0.2) is 0 Å². The lowest BCUT2D eigenvalue weighted by molar-refractivity contribution is -0.390. The van der Waals surface area contributed by atoms with Gasteiger partial charge < -0.3 is 15.8 Å². The van der Waals surface area contributed by atoms with E-state index < -0.39 is 22.7 Å². The van der Waals surface area contributed by atoms with E-state index in [1.165, 1.54) is 0 Å². The smallest absolute Gasteiger partial charge is 0.358 e. The number of halogens is 3. The van der Waals surface area contributed by atoms with E-state index in [2.05, 4.69) is 20.9 Å². The highest BCUT2D eigenvalue weighted by atomic mass is 79.9. The Labute approximate surface area is 91.6 Å². The predicted octanol–water partition coefficient (Wildman–Crippen LogP) is 2.15. The topological polar surface area (TPSA) is 82.0 Å². The molecule has 0 spiro atoms. The molecule has 2 N–H and O–H groups in total. The van der Waals surface area contributed by atoms with Crippen LogP contribution in [0.15, 0.2) is 10.7 Å². The molecule has 1 aromatic heterocycles. The van der Waals surface area contributed by atoms with Gasteiger partial charge in [0.1, 0.15) is 0 Å². The van der Waals surface area contributed by atoms with Crippen molar-refractivity contribution in [1.29, 1.82) is 0 Å². The Hall–Kier alpha value is -1.15. The van der Waals surface area contributed by atoms with Crippen LogP contribution < -0.4 is 5.73 Å². The Kier molecular flexibility index (Phi) is 3.64. The third kappa shape index (κ3) is 2.45. The summed E-state index contributed by atoms with van der Waals surface area (Å²) < 4.78 is 25.0. The molecule has 0 aliphatic rings.